The molecule has 0 bridgehead atoms. The molecule has 1 N–H and O–H groups in total. The van der Waals surface area contributed by atoms with Crippen molar-refractivity contribution >= 4 is 23.3 Å². The quantitative estimate of drug-likeness (QED) is 0.858. The van der Waals surface area contributed by atoms with Crippen molar-refractivity contribution in [2.24, 2.45) is 0 Å². The van der Waals surface area contributed by atoms with Crippen LogP contribution in [0.2, 0.25) is 0 Å². The van der Waals surface area contributed by atoms with Gasteiger partial charge in [0, 0.05) is 12.1 Å². The van der Waals surface area contributed by atoms with Crippen molar-refractivity contribution in [3.05, 3.63) is 46.8 Å². The molecule has 18 heavy (non-hydrogen) atoms. The minimum Gasteiger partial charge on any atom is -0.317 e. The Morgan fingerprint density at radius 2 is 1.78 bits per heavy atom. The van der Waals surface area contributed by atoms with Gasteiger partial charge in [0.2, 0.25) is 0 Å². The fourth-order valence-corrected chi connectivity index (χ4v) is 2.65. The molecule has 0 aliphatic carbocycles. The number of aromatic nitrogens is 1. The summed E-state index contributed by atoms with van der Waals surface area (Å²) in [7, 11) is 0. The Kier molecular flexibility index (Phi) is 4.04. The van der Waals surface area contributed by atoms with Crippen LogP contribution in [0, 0.1) is 0 Å². The number of rotatable bonds is 1. The van der Waals surface area contributed by atoms with Crippen LogP contribution < -0.4 is 10.9 Å². The minimum atomic E-state index is 0. The first-order valence-electron chi connectivity index (χ1n) is 6.17. The monoisotopic (exact) mass is 264 g/mol. The lowest BCUT2D eigenvalue weighted by Crippen LogP contribution is -2.34. The molecule has 0 atom stereocenters. The Morgan fingerprint density at radius 3 is 2.56 bits per heavy atom. The molecule has 1 aliphatic heterocycles. The van der Waals surface area contributed by atoms with E-state index in [4.69, 9.17) is 0 Å². The van der Waals surface area contributed by atoms with Gasteiger partial charge in [-0.1, -0.05) is 18.2 Å². The van der Waals surface area contributed by atoms with Gasteiger partial charge in [-0.2, -0.15) is 0 Å². The Bertz CT molecular complexity index is 588. The van der Waals surface area contributed by atoms with E-state index in [-0.39, 0.29) is 18.0 Å². The molecule has 96 valence electrons. The number of pyridine rings is 1. The second-order valence-corrected chi connectivity index (χ2v) is 4.58. The maximum absolute atomic E-state index is 12.1. The summed E-state index contributed by atoms with van der Waals surface area (Å²) in [6.45, 7) is 2.00. The molecule has 1 saturated heterocycles. The molecule has 0 saturated carbocycles. The number of hydrogen-bond acceptors (Lipinski definition) is 2. The van der Waals surface area contributed by atoms with E-state index in [1.807, 2.05) is 28.8 Å². The summed E-state index contributed by atoms with van der Waals surface area (Å²) < 4.78 is 1.97. The fourth-order valence-electron chi connectivity index (χ4n) is 2.65. The molecule has 0 unspecified atom stereocenters. The number of fused-ring (bicyclic) bond motifs is 1. The molecule has 3 rings (SSSR count). The lowest BCUT2D eigenvalue weighted by Gasteiger charge is -2.26. The molecule has 2 heterocycles. The summed E-state index contributed by atoms with van der Waals surface area (Å²) in [5.74, 6) is 0. The Labute approximate surface area is 112 Å². The summed E-state index contributed by atoms with van der Waals surface area (Å²) in [5.41, 5.74) is 1.18. The number of halogens is 1. The van der Waals surface area contributed by atoms with E-state index in [0.29, 0.717) is 6.04 Å². The normalized spacial score (nSPS) is 16.4. The standard InChI is InChI=1S/C14H16N2O.ClH/c17-14-6-5-11-3-1-2-4-13(11)16(14)12-7-9-15-10-8-12;/h1-6,12,15H,7-10H2;1H. The Balaban J connectivity index is 0.00000120. The second kappa shape index (κ2) is 5.55. The van der Waals surface area contributed by atoms with Crippen molar-refractivity contribution in [1.82, 2.24) is 9.88 Å². The molecule has 0 spiro atoms. The number of nitrogens with zero attached hydrogens (tertiary/aromatic N) is 1. The van der Waals surface area contributed by atoms with Crippen LogP contribution in [-0.4, -0.2) is 17.7 Å². The van der Waals surface area contributed by atoms with Gasteiger partial charge >= 0.3 is 0 Å². The molecule has 1 aliphatic rings. The SMILES string of the molecule is Cl.O=c1ccc2ccccc2n1C1CCNCC1. The molecule has 1 aromatic heterocycles. The summed E-state index contributed by atoms with van der Waals surface area (Å²) in [6, 6.07) is 12.1. The van der Waals surface area contributed by atoms with E-state index in [9.17, 15) is 4.79 Å². The van der Waals surface area contributed by atoms with Crippen LogP contribution in [0.25, 0.3) is 10.9 Å². The van der Waals surface area contributed by atoms with Gasteiger partial charge in [0.05, 0.1) is 5.52 Å². The lowest BCUT2D eigenvalue weighted by molar-refractivity contribution is 0.369. The van der Waals surface area contributed by atoms with Crippen LogP contribution in [0.15, 0.2) is 41.2 Å². The number of piperidine rings is 1. The summed E-state index contributed by atoms with van der Waals surface area (Å²) >= 11 is 0. The van der Waals surface area contributed by atoms with E-state index >= 15 is 0 Å². The van der Waals surface area contributed by atoms with Gasteiger partial charge in [-0.15, -0.1) is 12.4 Å². The lowest BCUT2D eigenvalue weighted by atomic mass is 10.1. The maximum atomic E-state index is 12.1. The van der Waals surface area contributed by atoms with Crippen molar-refractivity contribution in [2.45, 2.75) is 18.9 Å². The molecule has 1 aromatic carbocycles. The topological polar surface area (TPSA) is 34.0 Å². The highest BCUT2D eigenvalue weighted by Crippen LogP contribution is 2.21. The summed E-state index contributed by atoms with van der Waals surface area (Å²) in [4.78, 5) is 12.1. The smallest absolute Gasteiger partial charge is 0.251 e. The van der Waals surface area contributed by atoms with Crippen LogP contribution in [-0.2, 0) is 0 Å². The number of benzene rings is 1. The van der Waals surface area contributed by atoms with Gasteiger partial charge in [0.15, 0.2) is 0 Å². The molecule has 1 fully saturated rings. The van der Waals surface area contributed by atoms with E-state index in [2.05, 4.69) is 11.4 Å². The zero-order valence-corrected chi connectivity index (χ0v) is 11.0. The third-order valence-corrected chi connectivity index (χ3v) is 3.51. The number of nitrogens with one attached hydrogen (secondary N) is 1. The fraction of sp³-hybridized carbons (Fsp3) is 0.357. The highest BCUT2D eigenvalue weighted by molar-refractivity contribution is 5.85. The molecule has 3 nitrogen and oxygen atoms in total. The first-order chi connectivity index (χ1) is 8.36. The zero-order chi connectivity index (χ0) is 11.7. The van der Waals surface area contributed by atoms with E-state index in [1.165, 1.54) is 0 Å². The summed E-state index contributed by atoms with van der Waals surface area (Å²) in [6.07, 6.45) is 2.07. The molecule has 4 heteroatoms. The van der Waals surface area contributed by atoms with Gasteiger partial charge in [0.25, 0.3) is 5.56 Å². The van der Waals surface area contributed by atoms with E-state index in [0.717, 1.165) is 36.8 Å². The van der Waals surface area contributed by atoms with Crippen LogP contribution in [0.5, 0.6) is 0 Å². The van der Waals surface area contributed by atoms with Gasteiger partial charge in [-0.05, 0) is 43.5 Å². The van der Waals surface area contributed by atoms with Crippen molar-refractivity contribution in [1.29, 1.82) is 0 Å². The van der Waals surface area contributed by atoms with Crippen molar-refractivity contribution in [3.8, 4) is 0 Å². The van der Waals surface area contributed by atoms with Crippen LogP contribution >= 0.6 is 12.4 Å². The minimum absolute atomic E-state index is 0. The van der Waals surface area contributed by atoms with Crippen LogP contribution in [0.4, 0.5) is 0 Å². The second-order valence-electron chi connectivity index (χ2n) is 4.58. The molecule has 0 radical (unpaired) electrons. The van der Waals surface area contributed by atoms with Gasteiger partial charge in [0.1, 0.15) is 0 Å². The molecular weight excluding hydrogens is 248 g/mol. The van der Waals surface area contributed by atoms with Crippen LogP contribution in [0.3, 0.4) is 0 Å². The highest BCUT2D eigenvalue weighted by Gasteiger charge is 2.17. The molecule has 2 aromatic rings. The van der Waals surface area contributed by atoms with Gasteiger partial charge < -0.3 is 9.88 Å². The third kappa shape index (κ3) is 2.28. The first kappa shape index (κ1) is 13.1. The van der Waals surface area contributed by atoms with Crippen molar-refractivity contribution in [3.63, 3.8) is 0 Å². The average Bonchev–Trinajstić information content (AvgIpc) is 2.39. The zero-order valence-electron chi connectivity index (χ0n) is 10.1. The predicted octanol–water partition coefficient (Wildman–Crippen LogP) is 2.35. The number of hydrogen-bond donors (Lipinski definition) is 1. The van der Waals surface area contributed by atoms with E-state index < -0.39 is 0 Å². The third-order valence-electron chi connectivity index (χ3n) is 3.51. The largest absolute Gasteiger partial charge is 0.317 e. The predicted molar refractivity (Wildman–Crippen MR) is 76.6 cm³/mol. The van der Waals surface area contributed by atoms with Crippen LogP contribution in [0.1, 0.15) is 18.9 Å². The van der Waals surface area contributed by atoms with E-state index in [1.54, 1.807) is 6.07 Å². The van der Waals surface area contributed by atoms with Crippen molar-refractivity contribution in [2.75, 3.05) is 13.1 Å². The highest BCUT2D eigenvalue weighted by atomic mass is 35.5. The average molecular weight is 265 g/mol. The molecule has 0 amide bonds. The first-order valence-corrected chi connectivity index (χ1v) is 6.17. The Hall–Kier alpha value is -1.32. The Morgan fingerprint density at radius 1 is 1.06 bits per heavy atom. The number of para-hydroxylation sites is 1. The molecular formula is C14H17ClN2O. The van der Waals surface area contributed by atoms with Crippen molar-refractivity contribution < 1.29 is 0 Å². The maximum Gasteiger partial charge on any atom is 0.251 e. The summed E-state index contributed by atoms with van der Waals surface area (Å²) in [5, 5.41) is 4.48. The van der Waals surface area contributed by atoms with Gasteiger partial charge in [-0.25, -0.2) is 0 Å². The van der Waals surface area contributed by atoms with Gasteiger partial charge in [-0.3, -0.25) is 4.79 Å².